The molecule has 0 radical (unpaired) electrons. The van der Waals surface area contributed by atoms with E-state index in [2.05, 4.69) is 162 Å². The Morgan fingerprint density at radius 3 is 1.86 bits per heavy atom. The Labute approximate surface area is 344 Å². The first-order chi connectivity index (χ1) is 29.1. The maximum atomic E-state index is 9.59. The first-order valence-electron chi connectivity index (χ1n) is 21.2. The lowest BCUT2D eigenvalue weighted by atomic mass is 9.42. The van der Waals surface area contributed by atoms with E-state index in [0.29, 0.717) is 17.4 Å². The van der Waals surface area contributed by atoms with Crippen LogP contribution in [-0.2, 0) is 5.41 Å². The fraction of sp³-hybridized carbons (Fsp3) is 0.182. The number of aromatic nitrogens is 3. The zero-order chi connectivity index (χ0) is 39.1. The number of nitriles is 1. The van der Waals surface area contributed by atoms with E-state index in [1.807, 2.05) is 18.2 Å². The summed E-state index contributed by atoms with van der Waals surface area (Å²) in [5.74, 6) is 3.60. The van der Waals surface area contributed by atoms with Gasteiger partial charge in [-0.1, -0.05) is 121 Å². The molecule has 4 aliphatic rings. The van der Waals surface area contributed by atoms with Gasteiger partial charge in [0.15, 0.2) is 5.82 Å². The van der Waals surface area contributed by atoms with Crippen molar-refractivity contribution in [2.75, 3.05) is 0 Å². The molecule has 59 heavy (non-hydrogen) atoms. The zero-order valence-corrected chi connectivity index (χ0v) is 32.8. The van der Waals surface area contributed by atoms with Crippen LogP contribution in [0.4, 0.5) is 0 Å². The highest BCUT2D eigenvalue weighted by Crippen LogP contribution is 2.65. The van der Waals surface area contributed by atoms with E-state index in [1.165, 1.54) is 75.8 Å². The summed E-state index contributed by atoms with van der Waals surface area (Å²) < 4.78 is 2.41. The molecule has 4 saturated carbocycles. The minimum Gasteiger partial charge on any atom is -0.309 e. The van der Waals surface area contributed by atoms with Gasteiger partial charge in [0.2, 0.25) is 0 Å². The number of fused-ring (bicyclic) bond motifs is 4. The fourth-order valence-electron chi connectivity index (χ4n) is 12.0. The van der Waals surface area contributed by atoms with Crippen LogP contribution in [0.5, 0.6) is 0 Å². The molecule has 9 aromatic rings. The van der Waals surface area contributed by atoms with Crippen molar-refractivity contribution in [2.45, 2.75) is 37.5 Å². The second-order valence-electron chi connectivity index (χ2n) is 17.4. The largest absolute Gasteiger partial charge is 0.309 e. The summed E-state index contributed by atoms with van der Waals surface area (Å²) in [6.07, 6.45) is 6.60. The summed E-state index contributed by atoms with van der Waals surface area (Å²) in [6, 6.07) is 63.7. The van der Waals surface area contributed by atoms with Gasteiger partial charge in [0, 0.05) is 38.6 Å². The third-order valence-electron chi connectivity index (χ3n) is 14.3. The first kappa shape index (κ1) is 34.2. The van der Waals surface area contributed by atoms with Gasteiger partial charge in [-0.2, -0.15) is 5.26 Å². The van der Waals surface area contributed by atoms with Crippen molar-refractivity contribution in [2.24, 2.45) is 23.7 Å². The maximum absolute atomic E-state index is 9.59. The number of nitrogens with zero attached hydrogens (tertiary/aromatic N) is 4. The zero-order valence-electron chi connectivity index (χ0n) is 32.8. The van der Waals surface area contributed by atoms with E-state index in [9.17, 15) is 5.26 Å². The lowest BCUT2D eigenvalue weighted by Gasteiger charge is -2.62. The van der Waals surface area contributed by atoms with Crippen molar-refractivity contribution in [1.82, 2.24) is 14.5 Å². The molecular formula is C55H42N4. The number of benzene rings is 7. The maximum Gasteiger partial charge on any atom is 0.160 e. The molecule has 4 fully saturated rings. The van der Waals surface area contributed by atoms with Gasteiger partial charge in [-0.15, -0.1) is 0 Å². The van der Waals surface area contributed by atoms with Gasteiger partial charge in [0.05, 0.1) is 34.1 Å². The number of hydrogen-bond donors (Lipinski definition) is 0. The predicted molar refractivity (Wildman–Crippen MR) is 239 cm³/mol. The Morgan fingerprint density at radius 1 is 0.492 bits per heavy atom. The van der Waals surface area contributed by atoms with Crippen LogP contribution >= 0.6 is 0 Å². The van der Waals surface area contributed by atoms with E-state index in [1.54, 1.807) is 0 Å². The third kappa shape index (κ3) is 5.41. The normalized spacial score (nSPS) is 21.9. The molecule has 0 aliphatic heterocycles. The Morgan fingerprint density at radius 2 is 1.12 bits per heavy atom. The van der Waals surface area contributed by atoms with Gasteiger partial charge in [-0.05, 0) is 126 Å². The van der Waals surface area contributed by atoms with Crippen molar-refractivity contribution in [1.29, 1.82) is 5.26 Å². The van der Waals surface area contributed by atoms with Crippen LogP contribution in [0, 0.1) is 35.0 Å². The summed E-state index contributed by atoms with van der Waals surface area (Å²) in [5, 5.41) is 14.5. The summed E-state index contributed by atoms with van der Waals surface area (Å²) in [6.45, 7) is 0. The molecule has 0 unspecified atom stereocenters. The van der Waals surface area contributed by atoms with Gasteiger partial charge in [0.25, 0.3) is 0 Å². The van der Waals surface area contributed by atoms with Crippen LogP contribution in [0.1, 0.15) is 48.8 Å². The van der Waals surface area contributed by atoms with Crippen LogP contribution in [0.15, 0.2) is 170 Å². The Hall–Kier alpha value is -6.83. The van der Waals surface area contributed by atoms with Crippen molar-refractivity contribution in [3.05, 3.63) is 187 Å². The van der Waals surface area contributed by atoms with Gasteiger partial charge in [-0.3, -0.25) is 0 Å². The van der Waals surface area contributed by atoms with Crippen LogP contribution < -0.4 is 0 Å². The number of para-hydroxylation sites is 1. The molecule has 282 valence electrons. The van der Waals surface area contributed by atoms with Crippen molar-refractivity contribution >= 4 is 32.6 Å². The van der Waals surface area contributed by atoms with Crippen molar-refractivity contribution < 1.29 is 0 Å². The highest BCUT2D eigenvalue weighted by molar-refractivity contribution is 6.09. The topological polar surface area (TPSA) is 54.5 Å². The van der Waals surface area contributed by atoms with E-state index in [0.717, 1.165) is 51.4 Å². The quantitative estimate of drug-likeness (QED) is 0.170. The fourth-order valence-corrected chi connectivity index (χ4v) is 12.0. The second kappa shape index (κ2) is 13.4. The Balaban J connectivity index is 1.02. The summed E-state index contributed by atoms with van der Waals surface area (Å²) in [4.78, 5) is 10.4. The van der Waals surface area contributed by atoms with E-state index < -0.39 is 0 Å². The molecule has 0 atom stereocenters. The highest BCUT2D eigenvalue weighted by Gasteiger charge is 2.58. The lowest BCUT2D eigenvalue weighted by molar-refractivity contribution is -0.0417. The molecule has 4 nitrogen and oxygen atoms in total. The predicted octanol–water partition coefficient (Wildman–Crippen LogP) is 13.3. The van der Waals surface area contributed by atoms with Gasteiger partial charge < -0.3 is 4.57 Å². The second-order valence-corrected chi connectivity index (χ2v) is 17.4. The van der Waals surface area contributed by atoms with Crippen LogP contribution in [-0.4, -0.2) is 14.5 Å². The van der Waals surface area contributed by atoms with Crippen LogP contribution in [0.25, 0.3) is 72.2 Å². The van der Waals surface area contributed by atoms with E-state index in [-0.39, 0.29) is 5.41 Å². The minimum absolute atomic E-state index is 0.0801. The number of hydrogen-bond acceptors (Lipinski definition) is 3. The Kier molecular flexibility index (Phi) is 7.75. The molecule has 4 aliphatic carbocycles. The average Bonchev–Trinajstić information content (AvgIpc) is 3.63. The van der Waals surface area contributed by atoms with Gasteiger partial charge in [-0.25, -0.2) is 9.97 Å². The molecule has 0 N–H and O–H groups in total. The third-order valence-corrected chi connectivity index (χ3v) is 14.3. The summed E-state index contributed by atoms with van der Waals surface area (Å²) in [5.41, 5.74) is 12.0. The van der Waals surface area contributed by atoms with Gasteiger partial charge in [0.1, 0.15) is 0 Å². The van der Waals surface area contributed by atoms with Crippen molar-refractivity contribution in [3.63, 3.8) is 0 Å². The Bertz CT molecular complexity index is 3090. The molecule has 0 spiro atoms. The smallest absolute Gasteiger partial charge is 0.160 e. The molecule has 0 saturated heterocycles. The van der Waals surface area contributed by atoms with Gasteiger partial charge >= 0.3 is 0 Å². The summed E-state index contributed by atoms with van der Waals surface area (Å²) >= 11 is 0. The van der Waals surface area contributed by atoms with Crippen LogP contribution in [0.2, 0.25) is 0 Å². The van der Waals surface area contributed by atoms with E-state index >= 15 is 0 Å². The molecule has 0 amide bonds. The summed E-state index contributed by atoms with van der Waals surface area (Å²) in [7, 11) is 0. The monoisotopic (exact) mass is 758 g/mol. The molecular weight excluding hydrogens is 717 g/mol. The molecule has 13 rings (SSSR count). The average molecular weight is 759 g/mol. The molecule has 4 bridgehead atoms. The number of rotatable bonds is 6. The lowest BCUT2D eigenvalue weighted by Crippen LogP contribution is -2.56. The van der Waals surface area contributed by atoms with Crippen LogP contribution in [0.3, 0.4) is 0 Å². The highest BCUT2D eigenvalue weighted by atomic mass is 15.0. The van der Waals surface area contributed by atoms with E-state index in [4.69, 9.17) is 9.97 Å². The molecule has 2 aromatic heterocycles. The molecule has 2 heterocycles. The van der Waals surface area contributed by atoms with Crippen molar-refractivity contribution in [3.8, 4) is 45.7 Å². The minimum atomic E-state index is -0.0801. The standard InChI is InChI=1S/C55H42N4/c56-34-35-14-23-47(24-15-35)59-52-13-7-6-12-48(52)49-25-22-44(32-53(49)59)55(45-27-36-26-37(29-45)30-46(55)28-36)43-20-18-39(19-21-43)50-33-51(58-54(57-50)40-9-2-1-3-10-40)42-17-16-38-8-4-5-11-41(38)31-42/h1-25,31-33,36-37,45-46H,26-30H2. The molecule has 7 aromatic carbocycles. The molecule has 4 heteroatoms. The first-order valence-corrected chi connectivity index (χ1v) is 21.2. The SMILES string of the molecule is N#Cc1ccc(-n2c3ccccc3c3ccc(C4(c5ccc(-c6cc(-c7ccc8ccccc8c7)nc(-c7ccccc7)n6)cc5)C5CC6CC(C5)CC4C6)cc32)cc1.